The van der Waals surface area contributed by atoms with Gasteiger partial charge in [-0.15, -0.1) is 0 Å². The first-order valence-corrected chi connectivity index (χ1v) is 10.9. The first-order valence-electron chi connectivity index (χ1n) is 8.98. The summed E-state index contributed by atoms with van der Waals surface area (Å²) in [6, 6.07) is 3.45. The van der Waals surface area contributed by atoms with Crippen molar-refractivity contribution >= 4 is 20.7 Å². The molecule has 1 atom stereocenters. The molecule has 0 bridgehead atoms. The van der Waals surface area contributed by atoms with Crippen molar-refractivity contribution in [3.8, 4) is 0 Å². The Morgan fingerprint density at radius 3 is 2.64 bits per heavy atom. The molecular formula is C20H27NO3S. The Kier molecular flexibility index (Phi) is 4.82. The average Bonchev–Trinajstić information content (AvgIpc) is 3.12. The Balaban J connectivity index is 2.37. The lowest BCUT2D eigenvalue weighted by Gasteiger charge is -2.16. The van der Waals surface area contributed by atoms with E-state index in [9.17, 15) is 13.5 Å². The fraction of sp³-hybridized carbons (Fsp3) is 0.500. The van der Waals surface area contributed by atoms with E-state index < -0.39 is 15.9 Å². The number of aliphatic hydroxyl groups is 1. The van der Waals surface area contributed by atoms with Gasteiger partial charge < -0.3 is 9.67 Å². The SMILES string of the molecule is C/C=C(\CC)Cn1c2c(c3cc(S(C)(=O)=O)cc(C(C)O)c31)CCC2. The molecule has 0 saturated carbocycles. The number of benzene rings is 1. The van der Waals surface area contributed by atoms with Crippen LogP contribution in [0.1, 0.15) is 56.5 Å². The van der Waals surface area contributed by atoms with E-state index in [0.717, 1.165) is 43.1 Å². The molecule has 3 rings (SSSR count). The summed E-state index contributed by atoms with van der Waals surface area (Å²) >= 11 is 0. The highest BCUT2D eigenvalue weighted by Crippen LogP contribution is 2.38. The van der Waals surface area contributed by atoms with E-state index in [0.29, 0.717) is 10.5 Å². The van der Waals surface area contributed by atoms with Gasteiger partial charge in [0.05, 0.1) is 16.5 Å². The number of fused-ring (bicyclic) bond motifs is 3. The largest absolute Gasteiger partial charge is 0.389 e. The maximum Gasteiger partial charge on any atom is 0.175 e. The minimum absolute atomic E-state index is 0.296. The van der Waals surface area contributed by atoms with Crippen molar-refractivity contribution in [2.24, 2.45) is 0 Å². The van der Waals surface area contributed by atoms with E-state index in [-0.39, 0.29) is 0 Å². The molecule has 1 aromatic carbocycles. The van der Waals surface area contributed by atoms with Gasteiger partial charge in [-0.2, -0.15) is 0 Å². The summed E-state index contributed by atoms with van der Waals surface area (Å²) in [6.07, 6.45) is 6.74. The third kappa shape index (κ3) is 3.15. The zero-order chi connectivity index (χ0) is 18.4. The van der Waals surface area contributed by atoms with Crippen LogP contribution in [0.3, 0.4) is 0 Å². The highest BCUT2D eigenvalue weighted by molar-refractivity contribution is 7.90. The molecule has 1 aromatic heterocycles. The van der Waals surface area contributed by atoms with E-state index in [1.165, 1.54) is 23.1 Å². The molecule has 0 spiro atoms. The molecule has 4 nitrogen and oxygen atoms in total. The lowest BCUT2D eigenvalue weighted by molar-refractivity contribution is 0.200. The van der Waals surface area contributed by atoms with Gasteiger partial charge in [0.1, 0.15) is 0 Å². The Hall–Kier alpha value is -1.59. The Morgan fingerprint density at radius 2 is 2.08 bits per heavy atom. The van der Waals surface area contributed by atoms with Crippen LogP contribution in [0.15, 0.2) is 28.7 Å². The van der Waals surface area contributed by atoms with Gasteiger partial charge in [0.2, 0.25) is 0 Å². The third-order valence-electron chi connectivity index (χ3n) is 5.32. The van der Waals surface area contributed by atoms with Crippen molar-refractivity contribution < 1.29 is 13.5 Å². The van der Waals surface area contributed by atoms with Crippen LogP contribution < -0.4 is 0 Å². The van der Waals surface area contributed by atoms with Gasteiger partial charge in [0, 0.05) is 29.4 Å². The van der Waals surface area contributed by atoms with Crippen LogP contribution in [-0.2, 0) is 29.2 Å². The van der Waals surface area contributed by atoms with Gasteiger partial charge in [0.15, 0.2) is 9.84 Å². The number of nitrogens with zero attached hydrogens (tertiary/aromatic N) is 1. The van der Waals surface area contributed by atoms with E-state index in [4.69, 9.17) is 0 Å². The number of rotatable bonds is 5. The topological polar surface area (TPSA) is 59.3 Å². The third-order valence-corrected chi connectivity index (χ3v) is 6.42. The summed E-state index contributed by atoms with van der Waals surface area (Å²) < 4.78 is 26.6. The normalized spacial score (nSPS) is 16.4. The molecule has 0 saturated heterocycles. The molecule has 136 valence electrons. The Morgan fingerprint density at radius 1 is 1.36 bits per heavy atom. The van der Waals surface area contributed by atoms with Crippen LogP contribution in [0.4, 0.5) is 0 Å². The molecule has 2 aromatic rings. The van der Waals surface area contributed by atoms with Crippen molar-refractivity contribution in [3.63, 3.8) is 0 Å². The van der Waals surface area contributed by atoms with Crippen LogP contribution in [0.25, 0.3) is 10.9 Å². The number of aryl methyl sites for hydroxylation is 1. The minimum Gasteiger partial charge on any atom is -0.389 e. The number of sulfone groups is 1. The summed E-state index contributed by atoms with van der Waals surface area (Å²) in [5.41, 5.74) is 5.61. The molecule has 1 N–H and O–H groups in total. The lowest BCUT2D eigenvalue weighted by atomic mass is 10.0. The standard InChI is InChI=1S/C20H27NO3S/c1-5-14(6-2)12-21-19-9-7-8-16(19)18-11-15(25(4,23)24)10-17(13(3)22)20(18)21/h5,10-11,13,22H,6-9,12H2,1-4H3/b14-5+. The molecule has 1 heterocycles. The highest BCUT2D eigenvalue weighted by atomic mass is 32.2. The lowest BCUT2D eigenvalue weighted by Crippen LogP contribution is -2.08. The summed E-state index contributed by atoms with van der Waals surface area (Å²) in [6.45, 7) is 6.72. The van der Waals surface area contributed by atoms with Gasteiger partial charge in [-0.25, -0.2) is 8.42 Å². The van der Waals surface area contributed by atoms with E-state index in [2.05, 4.69) is 24.5 Å². The summed E-state index contributed by atoms with van der Waals surface area (Å²) in [5.74, 6) is 0. The predicted molar refractivity (Wildman–Crippen MR) is 102 cm³/mol. The maximum atomic E-state index is 12.1. The molecule has 1 aliphatic rings. The number of aromatic nitrogens is 1. The molecule has 0 radical (unpaired) electrons. The monoisotopic (exact) mass is 361 g/mol. The number of hydrogen-bond donors (Lipinski definition) is 1. The second kappa shape index (κ2) is 6.61. The molecular weight excluding hydrogens is 334 g/mol. The van der Waals surface area contributed by atoms with Crippen molar-refractivity contribution in [2.75, 3.05) is 6.26 Å². The summed E-state index contributed by atoms with van der Waals surface area (Å²) in [4.78, 5) is 0.296. The van der Waals surface area contributed by atoms with Gasteiger partial charge in [-0.3, -0.25) is 0 Å². The first-order chi connectivity index (χ1) is 11.8. The van der Waals surface area contributed by atoms with Gasteiger partial charge in [-0.1, -0.05) is 18.6 Å². The average molecular weight is 362 g/mol. The number of aliphatic hydroxyl groups excluding tert-OH is 1. The molecule has 25 heavy (non-hydrogen) atoms. The van der Waals surface area contributed by atoms with Gasteiger partial charge in [0.25, 0.3) is 0 Å². The Bertz CT molecular complexity index is 949. The Labute approximate surface area is 150 Å². The number of allylic oxidation sites excluding steroid dienone is 2. The maximum absolute atomic E-state index is 12.1. The quantitative estimate of drug-likeness (QED) is 0.821. The van der Waals surface area contributed by atoms with Crippen LogP contribution in [-0.4, -0.2) is 24.3 Å². The molecule has 1 unspecified atom stereocenters. The van der Waals surface area contributed by atoms with Crippen molar-refractivity contribution in [1.29, 1.82) is 0 Å². The van der Waals surface area contributed by atoms with Crippen molar-refractivity contribution in [1.82, 2.24) is 4.57 Å². The molecule has 0 aliphatic heterocycles. The molecule has 0 fully saturated rings. The van der Waals surface area contributed by atoms with E-state index in [1.807, 2.05) is 0 Å². The van der Waals surface area contributed by atoms with Gasteiger partial charge in [-0.05, 0) is 57.2 Å². The van der Waals surface area contributed by atoms with Crippen molar-refractivity contribution in [3.05, 3.63) is 40.6 Å². The van der Waals surface area contributed by atoms with Crippen LogP contribution in [0.2, 0.25) is 0 Å². The van der Waals surface area contributed by atoms with Crippen LogP contribution in [0, 0.1) is 0 Å². The minimum atomic E-state index is -3.32. The fourth-order valence-corrected chi connectivity index (χ4v) is 4.60. The van der Waals surface area contributed by atoms with Crippen LogP contribution in [0.5, 0.6) is 0 Å². The summed E-state index contributed by atoms with van der Waals surface area (Å²) in [7, 11) is -3.32. The van der Waals surface area contributed by atoms with Gasteiger partial charge >= 0.3 is 0 Å². The van der Waals surface area contributed by atoms with E-state index in [1.54, 1.807) is 19.1 Å². The second-order valence-electron chi connectivity index (χ2n) is 7.02. The fourth-order valence-electron chi connectivity index (χ4n) is 3.93. The zero-order valence-corrected chi connectivity index (χ0v) is 16.3. The highest BCUT2D eigenvalue weighted by Gasteiger charge is 2.26. The smallest absolute Gasteiger partial charge is 0.175 e. The van der Waals surface area contributed by atoms with E-state index >= 15 is 0 Å². The molecule has 1 aliphatic carbocycles. The predicted octanol–water partition coefficient (Wildman–Crippen LogP) is 3.94. The van der Waals surface area contributed by atoms with Crippen molar-refractivity contribution in [2.45, 2.75) is 64.0 Å². The molecule has 5 heteroatoms. The summed E-state index contributed by atoms with van der Waals surface area (Å²) in [5, 5.41) is 11.4. The first kappa shape index (κ1) is 18.2. The second-order valence-corrected chi connectivity index (χ2v) is 9.04. The zero-order valence-electron chi connectivity index (χ0n) is 15.5. The molecule has 0 amide bonds. The number of hydrogen-bond acceptors (Lipinski definition) is 3. The van der Waals surface area contributed by atoms with Crippen LogP contribution >= 0.6 is 0 Å².